The summed E-state index contributed by atoms with van der Waals surface area (Å²) < 4.78 is 38.0. The van der Waals surface area contributed by atoms with Gasteiger partial charge in [-0.2, -0.15) is 13.2 Å². The van der Waals surface area contributed by atoms with Crippen LogP contribution in [0.3, 0.4) is 0 Å². The summed E-state index contributed by atoms with van der Waals surface area (Å²) in [4.78, 5) is 12.2. The van der Waals surface area contributed by atoms with Gasteiger partial charge in [0, 0.05) is 21.8 Å². The monoisotopic (exact) mass is 299 g/mol. The van der Waals surface area contributed by atoms with Gasteiger partial charge in [0.05, 0.1) is 5.56 Å². The highest BCUT2D eigenvalue weighted by atomic mass is 35.5. The van der Waals surface area contributed by atoms with Crippen molar-refractivity contribution in [2.45, 2.75) is 6.18 Å². The summed E-state index contributed by atoms with van der Waals surface area (Å²) in [6.45, 7) is 0. The number of carbonyl (C=O) groups excluding carboxylic acids is 1. The van der Waals surface area contributed by atoms with Crippen molar-refractivity contribution in [3.05, 3.63) is 64.2 Å². The van der Waals surface area contributed by atoms with E-state index in [0.717, 1.165) is 18.2 Å². The highest BCUT2D eigenvalue weighted by molar-refractivity contribution is 6.31. The second kappa shape index (κ2) is 5.17. The third-order valence-electron chi connectivity index (χ3n) is 2.71. The van der Waals surface area contributed by atoms with Crippen LogP contribution < -0.4 is 5.73 Å². The molecule has 6 heteroatoms. The lowest BCUT2D eigenvalue weighted by Gasteiger charge is -2.10. The third-order valence-corrected chi connectivity index (χ3v) is 2.95. The van der Waals surface area contributed by atoms with Gasteiger partial charge >= 0.3 is 6.18 Å². The van der Waals surface area contributed by atoms with Gasteiger partial charge in [-0.3, -0.25) is 4.79 Å². The summed E-state index contributed by atoms with van der Waals surface area (Å²) in [5.74, 6) is -0.601. The summed E-state index contributed by atoms with van der Waals surface area (Å²) in [7, 11) is 0. The van der Waals surface area contributed by atoms with E-state index in [-0.39, 0.29) is 16.8 Å². The summed E-state index contributed by atoms with van der Waals surface area (Å²) >= 11 is 5.76. The van der Waals surface area contributed by atoms with Crippen LogP contribution in [0.15, 0.2) is 42.5 Å². The van der Waals surface area contributed by atoms with Gasteiger partial charge in [0.25, 0.3) is 0 Å². The van der Waals surface area contributed by atoms with Gasteiger partial charge in [0.2, 0.25) is 0 Å². The number of halogens is 4. The summed E-state index contributed by atoms with van der Waals surface area (Å²) in [5, 5.41) is 0.321. The van der Waals surface area contributed by atoms with Gasteiger partial charge in [-0.1, -0.05) is 23.7 Å². The van der Waals surface area contributed by atoms with Crippen LogP contribution in [0.25, 0.3) is 0 Å². The first-order chi connectivity index (χ1) is 9.29. The SMILES string of the molecule is Nc1ccc(C(F)(F)F)cc1C(=O)c1cccc(Cl)c1. The van der Waals surface area contributed by atoms with Crippen molar-refractivity contribution in [3.63, 3.8) is 0 Å². The predicted molar refractivity (Wildman–Crippen MR) is 70.7 cm³/mol. The van der Waals surface area contributed by atoms with Gasteiger partial charge in [0.1, 0.15) is 0 Å². The Morgan fingerprint density at radius 2 is 1.80 bits per heavy atom. The van der Waals surface area contributed by atoms with Crippen LogP contribution in [0.1, 0.15) is 21.5 Å². The van der Waals surface area contributed by atoms with Crippen molar-refractivity contribution in [2.75, 3.05) is 5.73 Å². The largest absolute Gasteiger partial charge is 0.416 e. The first kappa shape index (κ1) is 14.4. The first-order valence-electron chi connectivity index (χ1n) is 5.56. The number of ketones is 1. The van der Waals surface area contributed by atoms with E-state index in [9.17, 15) is 18.0 Å². The number of hydrogen-bond donors (Lipinski definition) is 1. The Hall–Kier alpha value is -2.01. The topological polar surface area (TPSA) is 43.1 Å². The highest BCUT2D eigenvalue weighted by Gasteiger charge is 2.31. The molecule has 0 saturated heterocycles. The number of nitrogen functional groups attached to an aromatic ring is 1. The molecule has 0 heterocycles. The maximum absolute atomic E-state index is 12.7. The molecule has 0 radical (unpaired) electrons. The zero-order chi connectivity index (χ0) is 14.9. The summed E-state index contributed by atoms with van der Waals surface area (Å²) in [5.41, 5.74) is 4.65. The molecule has 0 atom stereocenters. The molecule has 2 aromatic rings. The average molecular weight is 300 g/mol. The van der Waals surface area contributed by atoms with Crippen molar-refractivity contribution in [1.82, 2.24) is 0 Å². The van der Waals surface area contributed by atoms with Crippen LogP contribution in [-0.2, 0) is 6.18 Å². The summed E-state index contributed by atoms with van der Waals surface area (Å²) in [6, 6.07) is 8.61. The Morgan fingerprint density at radius 1 is 1.10 bits per heavy atom. The number of alkyl halides is 3. The highest BCUT2D eigenvalue weighted by Crippen LogP contribution is 2.32. The Labute approximate surface area is 118 Å². The van der Waals surface area contributed by atoms with Crippen LogP contribution in [0.5, 0.6) is 0 Å². The van der Waals surface area contributed by atoms with Crippen molar-refractivity contribution < 1.29 is 18.0 Å². The lowest BCUT2D eigenvalue weighted by molar-refractivity contribution is -0.137. The quantitative estimate of drug-likeness (QED) is 0.668. The molecular formula is C14H9ClF3NO. The van der Waals surface area contributed by atoms with E-state index in [2.05, 4.69) is 0 Å². The summed E-state index contributed by atoms with van der Waals surface area (Å²) in [6.07, 6.45) is -4.53. The number of carbonyl (C=O) groups is 1. The second-order valence-electron chi connectivity index (χ2n) is 4.14. The van der Waals surface area contributed by atoms with Crippen LogP contribution in [-0.4, -0.2) is 5.78 Å². The smallest absolute Gasteiger partial charge is 0.398 e. The van der Waals surface area contributed by atoms with E-state index in [0.29, 0.717) is 5.02 Å². The molecule has 2 rings (SSSR count). The van der Waals surface area contributed by atoms with E-state index in [1.807, 2.05) is 0 Å². The molecule has 2 N–H and O–H groups in total. The maximum atomic E-state index is 12.7. The van der Waals surface area contributed by atoms with Gasteiger partial charge in [-0.25, -0.2) is 0 Å². The molecule has 0 bridgehead atoms. The Kier molecular flexibility index (Phi) is 3.72. The minimum absolute atomic E-state index is 0.0111. The van der Waals surface area contributed by atoms with Crippen LogP contribution in [0.4, 0.5) is 18.9 Å². The van der Waals surface area contributed by atoms with Crippen molar-refractivity contribution in [3.8, 4) is 0 Å². The molecular weight excluding hydrogens is 291 g/mol. The van der Waals surface area contributed by atoms with Gasteiger partial charge in [-0.05, 0) is 30.3 Å². The predicted octanol–water partition coefficient (Wildman–Crippen LogP) is 4.17. The van der Waals surface area contributed by atoms with Crippen LogP contribution in [0.2, 0.25) is 5.02 Å². The standard InChI is InChI=1S/C14H9ClF3NO/c15-10-3-1-2-8(6-10)13(20)11-7-9(14(16,17)18)4-5-12(11)19/h1-7H,19H2. The molecule has 0 aromatic heterocycles. The lowest BCUT2D eigenvalue weighted by atomic mass is 9.99. The fraction of sp³-hybridized carbons (Fsp3) is 0.0714. The number of hydrogen-bond acceptors (Lipinski definition) is 2. The van der Waals surface area contributed by atoms with Crippen LogP contribution >= 0.6 is 11.6 Å². The van der Waals surface area contributed by atoms with Crippen LogP contribution in [0, 0.1) is 0 Å². The van der Waals surface area contributed by atoms with E-state index >= 15 is 0 Å². The number of nitrogens with two attached hydrogens (primary N) is 1. The fourth-order valence-electron chi connectivity index (χ4n) is 1.71. The number of anilines is 1. The molecule has 0 aliphatic heterocycles. The molecule has 0 saturated carbocycles. The minimum Gasteiger partial charge on any atom is -0.398 e. The number of benzene rings is 2. The molecule has 104 valence electrons. The molecule has 0 fully saturated rings. The lowest BCUT2D eigenvalue weighted by Crippen LogP contribution is -2.10. The minimum atomic E-state index is -4.53. The molecule has 2 aromatic carbocycles. The van der Waals surface area contributed by atoms with E-state index < -0.39 is 17.5 Å². The Bertz CT molecular complexity index is 668. The van der Waals surface area contributed by atoms with Gasteiger partial charge in [-0.15, -0.1) is 0 Å². The fourth-order valence-corrected chi connectivity index (χ4v) is 1.90. The molecule has 20 heavy (non-hydrogen) atoms. The molecule has 0 aliphatic rings. The van der Waals surface area contributed by atoms with Crippen molar-refractivity contribution in [1.29, 1.82) is 0 Å². The molecule has 0 spiro atoms. The van der Waals surface area contributed by atoms with E-state index in [1.165, 1.54) is 12.1 Å². The van der Waals surface area contributed by atoms with Crippen molar-refractivity contribution in [2.24, 2.45) is 0 Å². The normalized spacial score (nSPS) is 11.4. The third kappa shape index (κ3) is 2.93. The Morgan fingerprint density at radius 3 is 2.40 bits per heavy atom. The maximum Gasteiger partial charge on any atom is 0.416 e. The zero-order valence-electron chi connectivity index (χ0n) is 10.0. The molecule has 2 nitrogen and oxygen atoms in total. The van der Waals surface area contributed by atoms with Gasteiger partial charge in [0.15, 0.2) is 5.78 Å². The molecule has 0 amide bonds. The number of rotatable bonds is 2. The zero-order valence-corrected chi connectivity index (χ0v) is 10.8. The first-order valence-corrected chi connectivity index (χ1v) is 5.94. The van der Waals surface area contributed by atoms with E-state index in [1.54, 1.807) is 12.1 Å². The van der Waals surface area contributed by atoms with E-state index in [4.69, 9.17) is 17.3 Å². The average Bonchev–Trinajstić information content (AvgIpc) is 2.37. The Balaban J connectivity index is 2.49. The van der Waals surface area contributed by atoms with Gasteiger partial charge < -0.3 is 5.73 Å². The molecule has 0 aliphatic carbocycles. The molecule has 0 unspecified atom stereocenters. The van der Waals surface area contributed by atoms with Crippen molar-refractivity contribution >= 4 is 23.1 Å². The second-order valence-corrected chi connectivity index (χ2v) is 4.58.